The van der Waals surface area contributed by atoms with E-state index < -0.39 is 18.1 Å². The number of esters is 1. The van der Waals surface area contributed by atoms with Crippen molar-refractivity contribution < 1.29 is 14.6 Å². The fourth-order valence-corrected chi connectivity index (χ4v) is 2.87. The molecule has 0 amide bonds. The Labute approximate surface area is 152 Å². The standard InChI is InChI=1S/C21H35NO3/c1-3-5-6-7-8-9-10-18-11-13-19(14-12-18)15-16-21(22,17-23)20(24)25-4-2/h11-14,23H,3-10,15-17,22H2,1-2H3. The lowest BCUT2D eigenvalue weighted by Gasteiger charge is -2.24. The maximum Gasteiger partial charge on any atom is 0.328 e. The number of aryl methyl sites for hydroxylation is 2. The molecular formula is C21H35NO3. The van der Waals surface area contributed by atoms with Gasteiger partial charge in [0.05, 0.1) is 13.2 Å². The third-order valence-electron chi connectivity index (χ3n) is 4.67. The fourth-order valence-electron chi connectivity index (χ4n) is 2.87. The first-order chi connectivity index (χ1) is 12.1. The van der Waals surface area contributed by atoms with Gasteiger partial charge >= 0.3 is 5.97 Å². The number of unbranched alkanes of at least 4 members (excludes halogenated alkanes) is 5. The molecule has 0 radical (unpaired) electrons. The molecule has 0 fully saturated rings. The number of benzene rings is 1. The predicted molar refractivity (Wildman–Crippen MR) is 102 cm³/mol. The maximum atomic E-state index is 11.9. The highest BCUT2D eigenvalue weighted by atomic mass is 16.5. The fraction of sp³-hybridized carbons (Fsp3) is 0.667. The van der Waals surface area contributed by atoms with Crippen LogP contribution in [0.4, 0.5) is 0 Å². The van der Waals surface area contributed by atoms with Gasteiger partial charge in [-0.25, -0.2) is 4.79 Å². The molecule has 0 bridgehead atoms. The minimum Gasteiger partial charge on any atom is -0.465 e. The minimum atomic E-state index is -1.31. The molecule has 0 aromatic heterocycles. The van der Waals surface area contributed by atoms with Crippen LogP contribution in [0.2, 0.25) is 0 Å². The summed E-state index contributed by atoms with van der Waals surface area (Å²) in [6.07, 6.45) is 9.99. The highest BCUT2D eigenvalue weighted by molar-refractivity contribution is 5.80. The first kappa shape index (κ1) is 21.7. The van der Waals surface area contributed by atoms with Gasteiger partial charge in [-0.3, -0.25) is 0 Å². The number of hydrogen-bond donors (Lipinski definition) is 2. The Kier molecular flexibility index (Phi) is 10.4. The van der Waals surface area contributed by atoms with Crippen molar-refractivity contribution in [1.82, 2.24) is 0 Å². The molecule has 0 heterocycles. The van der Waals surface area contributed by atoms with Gasteiger partial charge in [-0.05, 0) is 43.7 Å². The molecule has 1 unspecified atom stereocenters. The van der Waals surface area contributed by atoms with E-state index in [-0.39, 0.29) is 6.61 Å². The van der Waals surface area contributed by atoms with Gasteiger partial charge in [0.25, 0.3) is 0 Å². The first-order valence-corrected chi connectivity index (χ1v) is 9.70. The lowest BCUT2D eigenvalue weighted by molar-refractivity contribution is -0.151. The van der Waals surface area contributed by atoms with Crippen LogP contribution in [0.3, 0.4) is 0 Å². The number of carbonyl (C=O) groups is 1. The van der Waals surface area contributed by atoms with Crippen LogP contribution in [-0.2, 0) is 22.4 Å². The molecule has 0 aliphatic heterocycles. The second-order valence-electron chi connectivity index (χ2n) is 6.87. The number of aliphatic hydroxyl groups is 1. The van der Waals surface area contributed by atoms with Gasteiger partial charge in [0.15, 0.2) is 0 Å². The Morgan fingerprint density at radius 3 is 2.12 bits per heavy atom. The summed E-state index contributed by atoms with van der Waals surface area (Å²) in [5, 5.41) is 9.45. The first-order valence-electron chi connectivity index (χ1n) is 9.70. The normalized spacial score (nSPS) is 13.4. The maximum absolute atomic E-state index is 11.9. The van der Waals surface area contributed by atoms with Crippen LogP contribution in [-0.4, -0.2) is 29.8 Å². The summed E-state index contributed by atoms with van der Waals surface area (Å²) in [6.45, 7) is 3.84. The Balaban J connectivity index is 2.39. The van der Waals surface area contributed by atoms with Crippen LogP contribution in [0.1, 0.15) is 69.9 Å². The molecule has 0 saturated carbocycles. The van der Waals surface area contributed by atoms with E-state index in [4.69, 9.17) is 10.5 Å². The number of rotatable bonds is 13. The van der Waals surface area contributed by atoms with E-state index in [2.05, 4.69) is 31.2 Å². The van der Waals surface area contributed by atoms with E-state index in [0.29, 0.717) is 12.8 Å². The van der Waals surface area contributed by atoms with Crippen molar-refractivity contribution in [3.05, 3.63) is 35.4 Å². The minimum absolute atomic E-state index is 0.269. The zero-order valence-electron chi connectivity index (χ0n) is 15.9. The summed E-state index contributed by atoms with van der Waals surface area (Å²) >= 11 is 0. The number of nitrogens with two attached hydrogens (primary N) is 1. The van der Waals surface area contributed by atoms with Crippen molar-refractivity contribution in [3.63, 3.8) is 0 Å². The second kappa shape index (κ2) is 12.0. The molecule has 3 N–H and O–H groups in total. The van der Waals surface area contributed by atoms with Crippen LogP contribution in [0, 0.1) is 0 Å². The molecule has 4 nitrogen and oxygen atoms in total. The average molecular weight is 350 g/mol. The Morgan fingerprint density at radius 2 is 1.56 bits per heavy atom. The highest BCUT2D eigenvalue weighted by Gasteiger charge is 2.34. The smallest absolute Gasteiger partial charge is 0.328 e. The van der Waals surface area contributed by atoms with E-state index in [9.17, 15) is 9.90 Å². The van der Waals surface area contributed by atoms with Gasteiger partial charge in [-0.2, -0.15) is 0 Å². The average Bonchev–Trinajstić information content (AvgIpc) is 2.63. The topological polar surface area (TPSA) is 72.5 Å². The molecular weight excluding hydrogens is 314 g/mol. The van der Waals surface area contributed by atoms with E-state index >= 15 is 0 Å². The number of aliphatic hydroxyl groups excluding tert-OH is 1. The molecule has 0 aliphatic carbocycles. The van der Waals surface area contributed by atoms with Gasteiger partial charge in [0, 0.05) is 0 Å². The molecule has 0 saturated heterocycles. The molecule has 25 heavy (non-hydrogen) atoms. The van der Waals surface area contributed by atoms with Crippen LogP contribution >= 0.6 is 0 Å². The second-order valence-corrected chi connectivity index (χ2v) is 6.87. The zero-order chi connectivity index (χ0) is 18.5. The molecule has 4 heteroatoms. The molecule has 1 atom stereocenters. The van der Waals surface area contributed by atoms with E-state index in [0.717, 1.165) is 12.0 Å². The highest BCUT2D eigenvalue weighted by Crippen LogP contribution is 2.16. The largest absolute Gasteiger partial charge is 0.465 e. The van der Waals surface area contributed by atoms with Crippen LogP contribution in [0.15, 0.2) is 24.3 Å². The van der Waals surface area contributed by atoms with E-state index in [1.807, 2.05) is 0 Å². The third kappa shape index (κ3) is 8.02. The van der Waals surface area contributed by atoms with Gasteiger partial charge in [0.1, 0.15) is 5.54 Å². The summed E-state index contributed by atoms with van der Waals surface area (Å²) in [5.74, 6) is -0.530. The monoisotopic (exact) mass is 349 g/mol. The van der Waals surface area contributed by atoms with Crippen LogP contribution in [0.25, 0.3) is 0 Å². The van der Waals surface area contributed by atoms with Crippen molar-refractivity contribution in [3.8, 4) is 0 Å². The summed E-state index contributed by atoms with van der Waals surface area (Å²) in [4.78, 5) is 11.9. The van der Waals surface area contributed by atoms with Crippen molar-refractivity contribution >= 4 is 5.97 Å². The quantitative estimate of drug-likeness (QED) is 0.420. The van der Waals surface area contributed by atoms with Crippen LogP contribution in [0.5, 0.6) is 0 Å². The predicted octanol–water partition coefficient (Wildman–Crippen LogP) is 3.78. The molecule has 1 aromatic rings. The van der Waals surface area contributed by atoms with Crippen molar-refractivity contribution in [2.45, 2.75) is 77.2 Å². The Bertz CT molecular complexity index is 486. The Hall–Kier alpha value is -1.39. The molecule has 1 rings (SSSR count). The summed E-state index contributed by atoms with van der Waals surface area (Å²) in [5.41, 5.74) is 7.16. The molecule has 0 spiro atoms. The number of ether oxygens (including phenoxy) is 1. The van der Waals surface area contributed by atoms with Gasteiger partial charge in [-0.15, -0.1) is 0 Å². The van der Waals surface area contributed by atoms with E-state index in [1.165, 1.54) is 44.1 Å². The summed E-state index contributed by atoms with van der Waals surface area (Å²) < 4.78 is 4.96. The van der Waals surface area contributed by atoms with Gasteiger partial charge < -0.3 is 15.6 Å². The van der Waals surface area contributed by atoms with E-state index in [1.54, 1.807) is 6.92 Å². The summed E-state index contributed by atoms with van der Waals surface area (Å²) in [7, 11) is 0. The third-order valence-corrected chi connectivity index (χ3v) is 4.67. The van der Waals surface area contributed by atoms with Crippen molar-refractivity contribution in [1.29, 1.82) is 0 Å². The van der Waals surface area contributed by atoms with Gasteiger partial charge in [0.2, 0.25) is 0 Å². The van der Waals surface area contributed by atoms with Crippen molar-refractivity contribution in [2.24, 2.45) is 5.73 Å². The lowest BCUT2D eigenvalue weighted by atomic mass is 9.92. The van der Waals surface area contributed by atoms with Crippen LogP contribution < -0.4 is 5.73 Å². The van der Waals surface area contributed by atoms with Crippen molar-refractivity contribution in [2.75, 3.05) is 13.2 Å². The Morgan fingerprint density at radius 1 is 1.00 bits per heavy atom. The molecule has 142 valence electrons. The zero-order valence-corrected chi connectivity index (χ0v) is 15.9. The van der Waals surface area contributed by atoms with Gasteiger partial charge in [-0.1, -0.05) is 63.3 Å². The number of hydrogen-bond acceptors (Lipinski definition) is 4. The number of carbonyl (C=O) groups excluding carboxylic acids is 1. The summed E-state index contributed by atoms with van der Waals surface area (Å²) in [6, 6.07) is 8.50. The SMILES string of the molecule is CCCCCCCCc1ccc(CCC(N)(CO)C(=O)OCC)cc1. The lowest BCUT2D eigenvalue weighted by Crippen LogP contribution is -2.52. The molecule has 1 aromatic carbocycles. The molecule has 0 aliphatic rings.